The second-order valence-corrected chi connectivity index (χ2v) is 10.2. The quantitative estimate of drug-likeness (QED) is 0.418. The molecule has 3 aromatic heterocycles. The molecule has 0 N–H and O–H groups in total. The summed E-state index contributed by atoms with van der Waals surface area (Å²) in [7, 11) is 0. The molecular weight excluding hydrogens is 400 g/mol. The van der Waals surface area contributed by atoms with E-state index in [0.717, 1.165) is 46.5 Å². The lowest BCUT2D eigenvalue weighted by atomic mass is 9.94. The minimum Gasteiger partial charge on any atom is -0.370 e. The first-order valence-corrected chi connectivity index (χ1v) is 11.8. The number of benzene rings is 1. The standard InChI is InChI=1S/C22H24N4OS2/c1-4-17-23-20-18(15-12-22(2,3)27-13-16(15)29-20)19-24-25-21(26(17)19)28-11-10-14-8-6-5-7-9-14/h5-9H,4,10-13H2,1-3H3. The number of thioether (sulfide) groups is 1. The summed E-state index contributed by atoms with van der Waals surface area (Å²) in [6.07, 6.45) is 2.74. The zero-order valence-corrected chi connectivity index (χ0v) is 18.6. The van der Waals surface area contributed by atoms with Gasteiger partial charge < -0.3 is 4.74 Å². The highest BCUT2D eigenvalue weighted by Gasteiger charge is 2.31. The Morgan fingerprint density at radius 2 is 2.03 bits per heavy atom. The van der Waals surface area contributed by atoms with Crippen LogP contribution in [-0.4, -0.2) is 30.9 Å². The van der Waals surface area contributed by atoms with Crippen molar-refractivity contribution in [2.75, 3.05) is 5.75 Å². The fraction of sp³-hybridized carbons (Fsp3) is 0.409. The Morgan fingerprint density at radius 1 is 1.21 bits per heavy atom. The van der Waals surface area contributed by atoms with Crippen molar-refractivity contribution in [3.05, 3.63) is 52.2 Å². The average molecular weight is 425 g/mol. The van der Waals surface area contributed by atoms with Crippen molar-refractivity contribution in [3.63, 3.8) is 0 Å². The Hall–Kier alpha value is -1.96. The third-order valence-corrected chi connectivity index (χ3v) is 7.43. The van der Waals surface area contributed by atoms with Crippen LogP contribution >= 0.6 is 23.1 Å². The topological polar surface area (TPSA) is 52.3 Å². The third-order valence-electron chi connectivity index (χ3n) is 5.40. The van der Waals surface area contributed by atoms with Gasteiger partial charge in [0, 0.05) is 23.5 Å². The molecule has 1 aliphatic heterocycles. The number of aromatic nitrogens is 4. The summed E-state index contributed by atoms with van der Waals surface area (Å²) >= 11 is 3.50. The van der Waals surface area contributed by atoms with E-state index in [1.807, 2.05) is 0 Å². The molecule has 1 aliphatic rings. The van der Waals surface area contributed by atoms with E-state index in [4.69, 9.17) is 9.72 Å². The van der Waals surface area contributed by atoms with Crippen LogP contribution in [0, 0.1) is 0 Å². The molecule has 1 aromatic carbocycles. The van der Waals surface area contributed by atoms with Gasteiger partial charge in [0.05, 0.1) is 17.6 Å². The maximum Gasteiger partial charge on any atom is 0.197 e. The minimum absolute atomic E-state index is 0.158. The Kier molecular flexibility index (Phi) is 4.84. The first-order chi connectivity index (χ1) is 14.1. The lowest BCUT2D eigenvalue weighted by Crippen LogP contribution is -2.31. The van der Waals surface area contributed by atoms with Gasteiger partial charge in [-0.05, 0) is 31.4 Å². The highest BCUT2D eigenvalue weighted by atomic mass is 32.2. The summed E-state index contributed by atoms with van der Waals surface area (Å²) in [5.74, 6) is 1.99. The summed E-state index contributed by atoms with van der Waals surface area (Å²) in [4.78, 5) is 7.35. The van der Waals surface area contributed by atoms with Crippen LogP contribution in [0.15, 0.2) is 35.5 Å². The van der Waals surface area contributed by atoms with Crippen molar-refractivity contribution < 1.29 is 4.74 Å². The summed E-state index contributed by atoms with van der Waals surface area (Å²) in [5, 5.41) is 11.3. The fourth-order valence-corrected chi connectivity index (χ4v) is 5.97. The van der Waals surface area contributed by atoms with Gasteiger partial charge in [-0.1, -0.05) is 49.0 Å². The van der Waals surface area contributed by atoms with Crippen LogP contribution in [0.1, 0.15) is 42.6 Å². The number of hydrogen-bond acceptors (Lipinski definition) is 6. The number of aryl methyl sites for hydroxylation is 2. The number of thiophene rings is 1. The number of hydrogen-bond donors (Lipinski definition) is 0. The molecule has 4 aromatic rings. The maximum atomic E-state index is 6.03. The average Bonchev–Trinajstić information content (AvgIpc) is 3.28. The van der Waals surface area contributed by atoms with E-state index < -0.39 is 0 Å². The molecule has 0 amide bonds. The second kappa shape index (κ2) is 7.38. The minimum atomic E-state index is -0.158. The second-order valence-electron chi connectivity index (χ2n) is 8.02. The Morgan fingerprint density at radius 3 is 2.83 bits per heavy atom. The largest absolute Gasteiger partial charge is 0.370 e. The molecule has 29 heavy (non-hydrogen) atoms. The number of ether oxygens (including phenoxy) is 1. The van der Waals surface area contributed by atoms with Crippen LogP contribution in [0.2, 0.25) is 0 Å². The number of rotatable bonds is 5. The third kappa shape index (κ3) is 3.45. The monoisotopic (exact) mass is 424 g/mol. The smallest absolute Gasteiger partial charge is 0.197 e. The lowest BCUT2D eigenvalue weighted by molar-refractivity contribution is -0.0379. The normalized spacial score (nSPS) is 15.8. The van der Waals surface area contributed by atoms with Gasteiger partial charge in [0.15, 0.2) is 10.8 Å². The molecular formula is C22H24N4OS2. The lowest BCUT2D eigenvalue weighted by Gasteiger charge is -2.30. The van der Waals surface area contributed by atoms with Crippen LogP contribution < -0.4 is 0 Å². The first kappa shape index (κ1) is 19.0. The van der Waals surface area contributed by atoms with Gasteiger partial charge in [-0.25, -0.2) is 4.98 Å². The van der Waals surface area contributed by atoms with E-state index in [9.17, 15) is 0 Å². The molecule has 5 nitrogen and oxygen atoms in total. The van der Waals surface area contributed by atoms with Gasteiger partial charge in [-0.3, -0.25) is 4.40 Å². The summed E-state index contributed by atoms with van der Waals surface area (Å²) in [6.45, 7) is 7.11. The molecule has 0 bridgehead atoms. The predicted octanol–water partition coefficient (Wildman–Crippen LogP) is 5.09. The zero-order valence-electron chi connectivity index (χ0n) is 16.9. The fourth-order valence-electron chi connectivity index (χ4n) is 3.92. The van der Waals surface area contributed by atoms with Gasteiger partial charge in [0.1, 0.15) is 10.7 Å². The van der Waals surface area contributed by atoms with Crippen molar-refractivity contribution in [2.45, 2.75) is 57.4 Å². The van der Waals surface area contributed by atoms with E-state index in [1.165, 1.54) is 21.4 Å². The molecule has 150 valence electrons. The van der Waals surface area contributed by atoms with Crippen LogP contribution in [-0.2, 0) is 30.6 Å². The van der Waals surface area contributed by atoms with E-state index >= 15 is 0 Å². The number of nitrogens with zero attached hydrogens (tertiary/aromatic N) is 4. The van der Waals surface area contributed by atoms with Crippen LogP contribution in [0.4, 0.5) is 0 Å². The van der Waals surface area contributed by atoms with Crippen molar-refractivity contribution in [2.24, 2.45) is 0 Å². The van der Waals surface area contributed by atoms with Gasteiger partial charge in [-0.15, -0.1) is 21.5 Å². The summed E-state index contributed by atoms with van der Waals surface area (Å²) in [5.41, 5.74) is 3.48. The van der Waals surface area contributed by atoms with Crippen LogP contribution in [0.25, 0.3) is 15.9 Å². The number of fused-ring (bicyclic) bond motifs is 5. The van der Waals surface area contributed by atoms with E-state index in [2.05, 4.69) is 65.7 Å². The maximum absolute atomic E-state index is 6.03. The molecule has 0 spiro atoms. The molecule has 0 unspecified atom stereocenters. The summed E-state index contributed by atoms with van der Waals surface area (Å²) < 4.78 is 8.20. The Bertz CT molecular complexity index is 1180. The Balaban J connectivity index is 1.55. The van der Waals surface area contributed by atoms with E-state index in [-0.39, 0.29) is 5.60 Å². The van der Waals surface area contributed by atoms with E-state index in [1.54, 1.807) is 23.1 Å². The Labute approximate surface area is 178 Å². The molecule has 0 saturated heterocycles. The molecule has 0 aliphatic carbocycles. The summed E-state index contributed by atoms with van der Waals surface area (Å²) in [6, 6.07) is 10.6. The van der Waals surface area contributed by atoms with Crippen molar-refractivity contribution in [3.8, 4) is 0 Å². The van der Waals surface area contributed by atoms with Crippen molar-refractivity contribution >= 4 is 39.0 Å². The van der Waals surface area contributed by atoms with E-state index in [0.29, 0.717) is 6.61 Å². The van der Waals surface area contributed by atoms with Gasteiger partial charge in [0.25, 0.3) is 0 Å². The van der Waals surface area contributed by atoms with Gasteiger partial charge >= 0.3 is 0 Å². The highest BCUT2D eigenvalue weighted by Crippen LogP contribution is 2.40. The molecule has 5 rings (SSSR count). The van der Waals surface area contributed by atoms with Gasteiger partial charge in [0.2, 0.25) is 0 Å². The molecule has 0 atom stereocenters. The van der Waals surface area contributed by atoms with Crippen LogP contribution in [0.5, 0.6) is 0 Å². The molecule has 0 fully saturated rings. The molecule has 0 saturated carbocycles. The predicted molar refractivity (Wildman–Crippen MR) is 119 cm³/mol. The first-order valence-electron chi connectivity index (χ1n) is 10.0. The molecule has 0 radical (unpaired) electrons. The van der Waals surface area contributed by atoms with Crippen molar-refractivity contribution in [1.29, 1.82) is 0 Å². The van der Waals surface area contributed by atoms with Crippen molar-refractivity contribution in [1.82, 2.24) is 19.6 Å². The SMILES string of the molecule is CCc1nc2sc3c(c2c2nnc(SCCc4ccccc4)n12)CC(C)(C)OC3. The highest BCUT2D eigenvalue weighted by molar-refractivity contribution is 7.99. The van der Waals surface area contributed by atoms with Crippen LogP contribution in [0.3, 0.4) is 0 Å². The molecule has 4 heterocycles. The zero-order chi connectivity index (χ0) is 20.0. The van der Waals surface area contributed by atoms with Gasteiger partial charge in [-0.2, -0.15) is 0 Å². The molecule has 7 heteroatoms.